The topological polar surface area (TPSA) is 50.2 Å². The summed E-state index contributed by atoms with van der Waals surface area (Å²) in [4.78, 5) is 18.5. The Bertz CT molecular complexity index is 438. The molecule has 0 atom stereocenters. The van der Waals surface area contributed by atoms with Gasteiger partial charge < -0.3 is 14.8 Å². The summed E-state index contributed by atoms with van der Waals surface area (Å²) in [6, 6.07) is 0. The van der Waals surface area contributed by atoms with E-state index in [1.807, 2.05) is 14.0 Å². The molecule has 100 valence electrons. The second-order valence-corrected chi connectivity index (χ2v) is 4.70. The van der Waals surface area contributed by atoms with Gasteiger partial charge in [0.05, 0.1) is 5.69 Å². The molecule has 0 bridgehead atoms. The van der Waals surface area contributed by atoms with Crippen LogP contribution < -0.4 is 5.32 Å². The van der Waals surface area contributed by atoms with E-state index in [1.165, 1.54) is 5.69 Å². The molecule has 1 aliphatic rings. The van der Waals surface area contributed by atoms with Crippen molar-refractivity contribution in [2.45, 2.75) is 39.8 Å². The van der Waals surface area contributed by atoms with Crippen molar-refractivity contribution < 1.29 is 4.79 Å². The largest absolute Gasteiger partial charge is 0.344 e. The van der Waals surface area contributed by atoms with Crippen molar-refractivity contribution in [3.8, 4) is 0 Å². The van der Waals surface area contributed by atoms with Gasteiger partial charge in [-0.3, -0.25) is 4.79 Å². The van der Waals surface area contributed by atoms with E-state index < -0.39 is 0 Å². The number of hydrogen-bond acceptors (Lipinski definition) is 3. The van der Waals surface area contributed by atoms with Crippen molar-refractivity contribution in [1.82, 2.24) is 19.8 Å². The number of nitrogens with one attached hydrogen (secondary N) is 1. The van der Waals surface area contributed by atoms with Crippen LogP contribution in [0.2, 0.25) is 0 Å². The van der Waals surface area contributed by atoms with Crippen LogP contribution >= 0.6 is 0 Å². The summed E-state index contributed by atoms with van der Waals surface area (Å²) < 4.78 is 2.12. The second kappa shape index (κ2) is 5.52. The Morgan fingerprint density at radius 3 is 2.94 bits per heavy atom. The number of imidazole rings is 1. The normalized spacial score (nSPS) is 14.4. The summed E-state index contributed by atoms with van der Waals surface area (Å²) in [7, 11) is 1.85. The van der Waals surface area contributed by atoms with Gasteiger partial charge >= 0.3 is 0 Å². The van der Waals surface area contributed by atoms with Crippen molar-refractivity contribution in [2.75, 3.05) is 20.1 Å². The minimum absolute atomic E-state index is 0.158. The van der Waals surface area contributed by atoms with Crippen LogP contribution in [0.4, 0.5) is 0 Å². The van der Waals surface area contributed by atoms with E-state index in [1.54, 1.807) is 4.90 Å². The highest BCUT2D eigenvalue weighted by Crippen LogP contribution is 2.16. The van der Waals surface area contributed by atoms with Gasteiger partial charge in [-0.15, -0.1) is 0 Å². The van der Waals surface area contributed by atoms with Crippen LogP contribution in [0.3, 0.4) is 0 Å². The molecule has 0 saturated carbocycles. The quantitative estimate of drug-likeness (QED) is 0.850. The van der Waals surface area contributed by atoms with Crippen molar-refractivity contribution in [2.24, 2.45) is 0 Å². The van der Waals surface area contributed by atoms with Crippen molar-refractivity contribution in [1.29, 1.82) is 0 Å². The first kappa shape index (κ1) is 13.1. The fraction of sp³-hybridized carbons (Fsp3) is 0.692. The maximum atomic E-state index is 12.1. The molecule has 0 fully saturated rings. The number of amides is 1. The Morgan fingerprint density at radius 1 is 1.50 bits per heavy atom. The maximum Gasteiger partial charge on any atom is 0.242 e. The number of carbonyl (C=O) groups is 1. The highest BCUT2D eigenvalue weighted by atomic mass is 16.2. The van der Waals surface area contributed by atoms with Gasteiger partial charge in [-0.2, -0.15) is 0 Å². The summed E-state index contributed by atoms with van der Waals surface area (Å²) in [5, 5.41) is 3.32. The van der Waals surface area contributed by atoms with E-state index in [4.69, 9.17) is 0 Å². The van der Waals surface area contributed by atoms with Crippen LogP contribution in [0.1, 0.15) is 31.1 Å². The molecule has 5 heteroatoms. The van der Waals surface area contributed by atoms with Crippen molar-refractivity contribution in [3.05, 3.63) is 17.2 Å². The van der Waals surface area contributed by atoms with E-state index in [0.29, 0.717) is 6.54 Å². The fourth-order valence-corrected chi connectivity index (χ4v) is 2.32. The van der Waals surface area contributed by atoms with Gasteiger partial charge in [0, 0.05) is 45.2 Å². The number of likely N-dealkylation sites (N-methyl/N-ethyl adjacent to an activating group) is 1. The average molecular weight is 250 g/mol. The number of rotatable bonds is 4. The molecule has 0 radical (unpaired) electrons. The van der Waals surface area contributed by atoms with Gasteiger partial charge in [-0.1, -0.05) is 6.92 Å². The predicted molar refractivity (Wildman–Crippen MR) is 70.3 cm³/mol. The zero-order chi connectivity index (χ0) is 13.1. The standard InChI is InChI=1S/C13H22N4O/c1-4-12-15-10-8-14-7-6-11(10)17(12)9-13(18)16(3)5-2/h14H,4-9H2,1-3H3. The Labute approximate surface area is 108 Å². The first-order valence-corrected chi connectivity index (χ1v) is 6.69. The molecule has 1 aromatic rings. The third kappa shape index (κ3) is 2.41. The number of carbonyl (C=O) groups excluding carboxylic acids is 1. The Hall–Kier alpha value is -1.36. The lowest BCUT2D eigenvalue weighted by Crippen LogP contribution is -2.32. The Kier molecular flexibility index (Phi) is 4.01. The van der Waals surface area contributed by atoms with Gasteiger partial charge in [0.1, 0.15) is 12.4 Å². The van der Waals surface area contributed by atoms with Gasteiger partial charge in [-0.25, -0.2) is 4.98 Å². The van der Waals surface area contributed by atoms with Crippen LogP contribution in [-0.2, 0) is 30.7 Å². The predicted octanol–water partition coefficient (Wildman–Crippen LogP) is 0.569. The van der Waals surface area contributed by atoms with E-state index in [0.717, 1.165) is 44.0 Å². The molecule has 1 aliphatic heterocycles. The molecular formula is C13H22N4O. The van der Waals surface area contributed by atoms with Crippen LogP contribution in [0.15, 0.2) is 0 Å². The molecule has 18 heavy (non-hydrogen) atoms. The maximum absolute atomic E-state index is 12.1. The third-order valence-corrected chi connectivity index (χ3v) is 3.58. The minimum atomic E-state index is 0.158. The molecular weight excluding hydrogens is 228 g/mol. The first-order chi connectivity index (χ1) is 8.67. The molecule has 0 unspecified atom stereocenters. The monoisotopic (exact) mass is 250 g/mol. The average Bonchev–Trinajstić information content (AvgIpc) is 2.76. The summed E-state index contributed by atoms with van der Waals surface area (Å²) in [6.07, 6.45) is 1.83. The zero-order valence-electron chi connectivity index (χ0n) is 11.5. The summed E-state index contributed by atoms with van der Waals surface area (Å²) in [5.41, 5.74) is 2.36. The molecule has 5 nitrogen and oxygen atoms in total. The highest BCUT2D eigenvalue weighted by Gasteiger charge is 2.20. The molecule has 0 aliphatic carbocycles. The third-order valence-electron chi connectivity index (χ3n) is 3.58. The van der Waals surface area contributed by atoms with Gasteiger partial charge in [0.2, 0.25) is 5.91 Å². The Morgan fingerprint density at radius 2 is 2.28 bits per heavy atom. The van der Waals surface area contributed by atoms with E-state index >= 15 is 0 Å². The first-order valence-electron chi connectivity index (χ1n) is 6.69. The smallest absolute Gasteiger partial charge is 0.242 e. The summed E-state index contributed by atoms with van der Waals surface area (Å²) in [5.74, 6) is 1.19. The summed E-state index contributed by atoms with van der Waals surface area (Å²) >= 11 is 0. The highest BCUT2D eigenvalue weighted by molar-refractivity contribution is 5.75. The lowest BCUT2D eigenvalue weighted by atomic mass is 10.2. The lowest BCUT2D eigenvalue weighted by molar-refractivity contribution is -0.130. The molecule has 1 aromatic heterocycles. The molecule has 2 rings (SSSR count). The van der Waals surface area contributed by atoms with Gasteiger partial charge in [-0.05, 0) is 6.92 Å². The second-order valence-electron chi connectivity index (χ2n) is 4.70. The number of hydrogen-bond donors (Lipinski definition) is 1. The molecule has 0 aromatic carbocycles. The Balaban J connectivity index is 2.25. The lowest BCUT2D eigenvalue weighted by Gasteiger charge is -2.19. The van der Waals surface area contributed by atoms with E-state index in [9.17, 15) is 4.79 Å². The zero-order valence-corrected chi connectivity index (χ0v) is 11.5. The summed E-state index contributed by atoms with van der Waals surface area (Å²) in [6.45, 7) is 7.05. The number of aromatic nitrogens is 2. The van der Waals surface area contributed by atoms with Crippen molar-refractivity contribution >= 4 is 5.91 Å². The fourth-order valence-electron chi connectivity index (χ4n) is 2.32. The van der Waals surface area contributed by atoms with Gasteiger partial charge in [0.15, 0.2) is 0 Å². The molecule has 1 amide bonds. The van der Waals surface area contributed by atoms with Crippen LogP contribution in [0.25, 0.3) is 0 Å². The van der Waals surface area contributed by atoms with Crippen LogP contribution in [0, 0.1) is 0 Å². The molecule has 0 saturated heterocycles. The number of aryl methyl sites for hydroxylation is 1. The SMILES string of the molecule is CCc1nc2c(n1CC(=O)N(C)CC)CCNC2. The number of fused-ring (bicyclic) bond motifs is 1. The number of nitrogens with zero attached hydrogens (tertiary/aromatic N) is 3. The molecule has 0 spiro atoms. The van der Waals surface area contributed by atoms with Gasteiger partial charge in [0.25, 0.3) is 0 Å². The minimum Gasteiger partial charge on any atom is -0.344 e. The molecule has 1 N–H and O–H groups in total. The molecule has 2 heterocycles. The van der Waals surface area contributed by atoms with Crippen molar-refractivity contribution in [3.63, 3.8) is 0 Å². The van der Waals surface area contributed by atoms with Crippen LogP contribution in [0.5, 0.6) is 0 Å². The van der Waals surface area contributed by atoms with Crippen LogP contribution in [-0.4, -0.2) is 40.5 Å². The van der Waals surface area contributed by atoms with E-state index in [-0.39, 0.29) is 5.91 Å². The van der Waals surface area contributed by atoms with E-state index in [2.05, 4.69) is 21.8 Å².